The summed E-state index contributed by atoms with van der Waals surface area (Å²) < 4.78 is 11.4. The third-order valence-corrected chi connectivity index (χ3v) is 6.07. The summed E-state index contributed by atoms with van der Waals surface area (Å²) in [6.45, 7) is 9.21. The number of benzene rings is 2. The summed E-state index contributed by atoms with van der Waals surface area (Å²) >= 11 is 0. The molecule has 0 bridgehead atoms. The fraction of sp³-hybridized carbons (Fsp3) is 0.538. The topological polar surface area (TPSA) is 41.9 Å². The Morgan fingerprint density at radius 2 is 1.70 bits per heavy atom. The second-order valence-corrected chi connectivity index (χ2v) is 8.28. The number of nitrogens with zero attached hydrogens (tertiary/aromatic N) is 1. The van der Waals surface area contributed by atoms with Crippen molar-refractivity contribution in [2.75, 3.05) is 39.5 Å². The highest BCUT2D eigenvalue weighted by Crippen LogP contribution is 2.42. The van der Waals surface area contributed by atoms with Crippen LogP contribution >= 0.6 is 0 Å². The van der Waals surface area contributed by atoms with Gasteiger partial charge in [0.15, 0.2) is 0 Å². The van der Waals surface area contributed by atoms with E-state index in [1.807, 2.05) is 30.3 Å². The fourth-order valence-electron chi connectivity index (χ4n) is 4.33. The van der Waals surface area contributed by atoms with Crippen LogP contribution in [-0.2, 0) is 10.3 Å². The minimum atomic E-state index is -0.934. The van der Waals surface area contributed by atoms with Crippen molar-refractivity contribution in [1.82, 2.24) is 4.90 Å². The first-order valence-corrected chi connectivity index (χ1v) is 11.5. The Balaban J connectivity index is 1.89. The monoisotopic (exact) mass is 411 g/mol. The molecule has 3 rings (SSSR count). The van der Waals surface area contributed by atoms with Crippen molar-refractivity contribution in [2.45, 2.75) is 51.0 Å². The molecule has 2 aromatic carbocycles. The first kappa shape index (κ1) is 22.8. The van der Waals surface area contributed by atoms with Crippen molar-refractivity contribution >= 4 is 0 Å². The van der Waals surface area contributed by atoms with Gasteiger partial charge in [0.2, 0.25) is 0 Å². The molecule has 0 unspecified atom stereocenters. The van der Waals surface area contributed by atoms with Crippen LogP contribution in [0.2, 0.25) is 0 Å². The van der Waals surface area contributed by atoms with Crippen LogP contribution in [0.5, 0.6) is 5.75 Å². The second kappa shape index (κ2) is 11.5. The van der Waals surface area contributed by atoms with E-state index in [0.29, 0.717) is 6.42 Å². The van der Waals surface area contributed by atoms with Gasteiger partial charge >= 0.3 is 0 Å². The Bertz CT molecular complexity index is 728. The number of morpholine rings is 1. The highest BCUT2D eigenvalue weighted by molar-refractivity contribution is 5.35. The molecule has 30 heavy (non-hydrogen) atoms. The Morgan fingerprint density at radius 1 is 1.00 bits per heavy atom. The number of ether oxygens (including phenoxy) is 2. The normalized spacial score (nSPS) is 18.0. The molecule has 1 heterocycles. The molecule has 1 N–H and O–H groups in total. The van der Waals surface area contributed by atoms with Crippen molar-refractivity contribution in [3.63, 3.8) is 0 Å². The summed E-state index contributed by atoms with van der Waals surface area (Å²) in [5.41, 5.74) is 1.22. The van der Waals surface area contributed by atoms with Crippen molar-refractivity contribution in [2.24, 2.45) is 0 Å². The molecule has 0 amide bonds. The molecule has 0 spiro atoms. The summed E-state index contributed by atoms with van der Waals surface area (Å²) in [5, 5.41) is 12.1. The quantitative estimate of drug-likeness (QED) is 0.530. The van der Waals surface area contributed by atoms with Gasteiger partial charge < -0.3 is 14.6 Å². The number of aliphatic hydroxyl groups is 1. The van der Waals surface area contributed by atoms with Crippen molar-refractivity contribution in [1.29, 1.82) is 0 Å². The van der Waals surface area contributed by atoms with E-state index in [-0.39, 0.29) is 5.92 Å². The van der Waals surface area contributed by atoms with E-state index in [2.05, 4.69) is 43.0 Å². The molecule has 2 atom stereocenters. The summed E-state index contributed by atoms with van der Waals surface area (Å²) in [6.07, 6.45) is 3.80. The third kappa shape index (κ3) is 5.84. The van der Waals surface area contributed by atoms with E-state index < -0.39 is 5.60 Å². The average Bonchev–Trinajstić information content (AvgIpc) is 2.79. The molecule has 0 saturated carbocycles. The molecule has 1 fully saturated rings. The van der Waals surface area contributed by atoms with Gasteiger partial charge in [0, 0.05) is 25.6 Å². The van der Waals surface area contributed by atoms with E-state index in [0.717, 1.165) is 70.0 Å². The number of hydrogen-bond donors (Lipinski definition) is 1. The fourth-order valence-corrected chi connectivity index (χ4v) is 4.33. The zero-order valence-corrected chi connectivity index (χ0v) is 18.6. The lowest BCUT2D eigenvalue weighted by atomic mass is 9.74. The van der Waals surface area contributed by atoms with Crippen LogP contribution in [0, 0.1) is 0 Å². The van der Waals surface area contributed by atoms with E-state index >= 15 is 0 Å². The first-order chi connectivity index (χ1) is 14.7. The molecule has 2 aromatic rings. The number of rotatable bonds is 11. The summed E-state index contributed by atoms with van der Waals surface area (Å²) in [7, 11) is 0. The molecule has 0 radical (unpaired) electrons. The molecule has 0 aliphatic carbocycles. The van der Waals surface area contributed by atoms with Crippen LogP contribution in [0.3, 0.4) is 0 Å². The standard InChI is InChI=1S/C26H37NO3/c1-3-5-18-30-24-13-11-23(12-14-24)26(28,15-4-2)25(22-9-7-6-8-10-22)21-27-16-19-29-20-17-27/h6-14,25,28H,3-5,15-21H2,1-2H3/t25-,26-/m0/s1. The highest BCUT2D eigenvalue weighted by Gasteiger charge is 2.39. The molecule has 164 valence electrons. The van der Waals surface area contributed by atoms with Crippen LogP contribution in [0.25, 0.3) is 0 Å². The Hall–Kier alpha value is -1.88. The lowest BCUT2D eigenvalue weighted by Crippen LogP contribution is -2.45. The van der Waals surface area contributed by atoms with E-state index in [9.17, 15) is 5.11 Å². The summed E-state index contributed by atoms with van der Waals surface area (Å²) in [5.74, 6) is 0.860. The molecular formula is C26H37NO3. The van der Waals surface area contributed by atoms with Gasteiger partial charge in [-0.05, 0) is 36.1 Å². The van der Waals surface area contributed by atoms with E-state index in [1.165, 1.54) is 5.56 Å². The molecule has 1 saturated heterocycles. The van der Waals surface area contributed by atoms with Gasteiger partial charge in [0.25, 0.3) is 0 Å². The second-order valence-electron chi connectivity index (χ2n) is 8.28. The third-order valence-electron chi connectivity index (χ3n) is 6.07. The van der Waals surface area contributed by atoms with Crippen LogP contribution < -0.4 is 4.74 Å². The maximum absolute atomic E-state index is 12.1. The first-order valence-electron chi connectivity index (χ1n) is 11.5. The van der Waals surface area contributed by atoms with Crippen LogP contribution in [0.15, 0.2) is 54.6 Å². The Kier molecular flexibility index (Phi) is 8.74. The van der Waals surface area contributed by atoms with Gasteiger partial charge in [0.1, 0.15) is 5.75 Å². The lowest BCUT2D eigenvalue weighted by Gasteiger charge is -2.41. The largest absolute Gasteiger partial charge is 0.494 e. The zero-order valence-electron chi connectivity index (χ0n) is 18.6. The zero-order chi connectivity index (χ0) is 21.2. The SMILES string of the molecule is CCCCOc1ccc([C@@](O)(CCC)[C@@H](CN2CCOCC2)c2ccccc2)cc1. The number of hydrogen-bond acceptors (Lipinski definition) is 4. The number of unbranched alkanes of at least 4 members (excludes halogenated alkanes) is 1. The van der Waals surface area contributed by atoms with Gasteiger partial charge in [-0.2, -0.15) is 0 Å². The maximum atomic E-state index is 12.1. The molecule has 0 aromatic heterocycles. The van der Waals surface area contributed by atoms with Gasteiger partial charge in [-0.25, -0.2) is 0 Å². The van der Waals surface area contributed by atoms with Crippen molar-refractivity contribution in [3.8, 4) is 5.75 Å². The molecule has 4 nitrogen and oxygen atoms in total. The smallest absolute Gasteiger partial charge is 0.119 e. The highest BCUT2D eigenvalue weighted by atomic mass is 16.5. The lowest BCUT2D eigenvalue weighted by molar-refractivity contribution is -0.0285. The minimum Gasteiger partial charge on any atom is -0.494 e. The maximum Gasteiger partial charge on any atom is 0.119 e. The molecule has 4 heteroatoms. The predicted octanol–water partition coefficient (Wildman–Crippen LogP) is 4.97. The van der Waals surface area contributed by atoms with Crippen LogP contribution in [0.4, 0.5) is 0 Å². The van der Waals surface area contributed by atoms with E-state index in [4.69, 9.17) is 9.47 Å². The molecule has 1 aliphatic heterocycles. The average molecular weight is 412 g/mol. The van der Waals surface area contributed by atoms with Crippen molar-refractivity contribution < 1.29 is 14.6 Å². The summed E-state index contributed by atoms with van der Waals surface area (Å²) in [4.78, 5) is 2.42. The Morgan fingerprint density at radius 3 is 2.33 bits per heavy atom. The molecule has 1 aliphatic rings. The van der Waals surface area contributed by atoms with Gasteiger partial charge in [-0.1, -0.05) is 69.2 Å². The Labute approximate surface area is 181 Å². The minimum absolute atomic E-state index is 0.0105. The van der Waals surface area contributed by atoms with Gasteiger partial charge in [0.05, 0.1) is 25.4 Å². The van der Waals surface area contributed by atoms with Gasteiger partial charge in [-0.15, -0.1) is 0 Å². The van der Waals surface area contributed by atoms with Crippen molar-refractivity contribution in [3.05, 3.63) is 65.7 Å². The summed E-state index contributed by atoms with van der Waals surface area (Å²) in [6, 6.07) is 18.6. The van der Waals surface area contributed by atoms with E-state index in [1.54, 1.807) is 0 Å². The van der Waals surface area contributed by atoms with Crippen LogP contribution in [-0.4, -0.2) is 49.5 Å². The molecular weight excluding hydrogens is 374 g/mol. The van der Waals surface area contributed by atoms with Gasteiger partial charge in [-0.3, -0.25) is 4.90 Å². The van der Waals surface area contributed by atoms with Crippen LogP contribution in [0.1, 0.15) is 56.6 Å². The predicted molar refractivity (Wildman–Crippen MR) is 122 cm³/mol.